The van der Waals surface area contributed by atoms with Crippen LogP contribution >= 0.6 is 11.8 Å². The molecular formula is C12H14N4O2S. The molecule has 0 atom stereocenters. The number of amides is 1. The second kappa shape index (κ2) is 5.75. The monoisotopic (exact) mass is 278 g/mol. The minimum Gasteiger partial charge on any atom is -0.496 e. The summed E-state index contributed by atoms with van der Waals surface area (Å²) in [5.74, 6) is 0.875. The van der Waals surface area contributed by atoms with Crippen molar-refractivity contribution in [2.45, 2.75) is 12.1 Å². The van der Waals surface area contributed by atoms with Crippen LogP contribution in [0.5, 0.6) is 5.75 Å². The molecule has 0 aliphatic rings. The molecule has 0 unspecified atom stereocenters. The molecule has 1 amide bonds. The Morgan fingerprint density at radius 2 is 2.11 bits per heavy atom. The molecule has 1 aromatic heterocycles. The number of methoxy groups -OCH3 is 1. The molecule has 0 aliphatic heterocycles. The van der Waals surface area contributed by atoms with Gasteiger partial charge in [-0.05, 0) is 25.3 Å². The standard InChI is InChI=1S/C12H14N4O2S/c1-8-13-14-12(19-3)16(8)15-11(17)9-6-4-5-7-10(9)18-2/h4-7H,1-3H3,(H,15,17). The third-order valence-electron chi connectivity index (χ3n) is 2.54. The van der Waals surface area contributed by atoms with Crippen molar-refractivity contribution in [3.05, 3.63) is 35.7 Å². The number of hydrogen-bond acceptors (Lipinski definition) is 5. The summed E-state index contributed by atoms with van der Waals surface area (Å²) in [6.07, 6.45) is 1.87. The van der Waals surface area contributed by atoms with Crippen molar-refractivity contribution in [3.8, 4) is 5.75 Å². The van der Waals surface area contributed by atoms with E-state index in [1.165, 1.54) is 18.9 Å². The molecule has 2 rings (SSSR count). The van der Waals surface area contributed by atoms with E-state index in [2.05, 4.69) is 15.6 Å². The number of rotatable bonds is 4. The molecule has 0 spiro atoms. The van der Waals surface area contributed by atoms with Crippen LogP contribution in [0.25, 0.3) is 0 Å². The highest BCUT2D eigenvalue weighted by molar-refractivity contribution is 7.98. The van der Waals surface area contributed by atoms with Crippen LogP contribution in [0.1, 0.15) is 16.2 Å². The number of nitrogens with one attached hydrogen (secondary N) is 1. The van der Waals surface area contributed by atoms with Gasteiger partial charge in [-0.1, -0.05) is 23.9 Å². The lowest BCUT2D eigenvalue weighted by Gasteiger charge is -2.11. The number of aryl methyl sites for hydroxylation is 1. The molecule has 100 valence electrons. The molecular weight excluding hydrogens is 264 g/mol. The summed E-state index contributed by atoms with van der Waals surface area (Å²) < 4.78 is 6.72. The number of benzene rings is 1. The number of para-hydroxylation sites is 1. The number of ether oxygens (including phenoxy) is 1. The van der Waals surface area contributed by atoms with Gasteiger partial charge in [-0.3, -0.25) is 10.2 Å². The molecule has 0 fully saturated rings. The first-order chi connectivity index (χ1) is 9.17. The molecule has 1 N–H and O–H groups in total. The van der Waals surface area contributed by atoms with Crippen LogP contribution in [-0.4, -0.2) is 34.1 Å². The van der Waals surface area contributed by atoms with E-state index in [9.17, 15) is 4.79 Å². The molecule has 6 nitrogen and oxygen atoms in total. The topological polar surface area (TPSA) is 69.0 Å². The third-order valence-corrected chi connectivity index (χ3v) is 3.17. The zero-order valence-electron chi connectivity index (χ0n) is 10.9. The fourth-order valence-corrected chi connectivity index (χ4v) is 2.08. The van der Waals surface area contributed by atoms with Gasteiger partial charge in [0.15, 0.2) is 0 Å². The third kappa shape index (κ3) is 2.70. The van der Waals surface area contributed by atoms with Crippen LogP contribution in [0.3, 0.4) is 0 Å². The number of hydrogen-bond donors (Lipinski definition) is 1. The van der Waals surface area contributed by atoms with E-state index in [1.807, 2.05) is 12.3 Å². The Balaban J connectivity index is 2.28. The van der Waals surface area contributed by atoms with Crippen molar-refractivity contribution in [3.63, 3.8) is 0 Å². The van der Waals surface area contributed by atoms with Gasteiger partial charge in [0.25, 0.3) is 5.91 Å². The zero-order valence-corrected chi connectivity index (χ0v) is 11.7. The van der Waals surface area contributed by atoms with Gasteiger partial charge in [-0.2, -0.15) is 0 Å². The van der Waals surface area contributed by atoms with Crippen LogP contribution in [0, 0.1) is 6.92 Å². The van der Waals surface area contributed by atoms with E-state index in [4.69, 9.17) is 4.74 Å². The molecule has 7 heteroatoms. The number of carbonyl (C=O) groups excluding carboxylic acids is 1. The highest BCUT2D eigenvalue weighted by atomic mass is 32.2. The summed E-state index contributed by atoms with van der Waals surface area (Å²) in [5, 5.41) is 8.50. The number of thioether (sulfide) groups is 1. The van der Waals surface area contributed by atoms with Gasteiger partial charge < -0.3 is 4.74 Å². The lowest BCUT2D eigenvalue weighted by Crippen LogP contribution is -2.25. The molecule has 1 heterocycles. The maximum atomic E-state index is 12.2. The van der Waals surface area contributed by atoms with E-state index in [1.54, 1.807) is 29.8 Å². The minimum atomic E-state index is -0.268. The molecule has 0 radical (unpaired) electrons. The van der Waals surface area contributed by atoms with Crippen LogP contribution in [-0.2, 0) is 0 Å². The van der Waals surface area contributed by atoms with Gasteiger partial charge in [0.1, 0.15) is 11.6 Å². The van der Waals surface area contributed by atoms with Gasteiger partial charge in [0.05, 0.1) is 12.7 Å². The first-order valence-electron chi connectivity index (χ1n) is 5.57. The largest absolute Gasteiger partial charge is 0.496 e. The first-order valence-corrected chi connectivity index (χ1v) is 6.80. The second-order valence-electron chi connectivity index (χ2n) is 3.71. The quantitative estimate of drug-likeness (QED) is 0.862. The molecule has 0 saturated heterocycles. The summed E-state index contributed by atoms with van der Waals surface area (Å²) in [5.41, 5.74) is 3.22. The first kappa shape index (κ1) is 13.4. The molecule has 0 aliphatic carbocycles. The Hall–Kier alpha value is -2.02. The van der Waals surface area contributed by atoms with Crippen molar-refractivity contribution >= 4 is 17.7 Å². The van der Waals surface area contributed by atoms with E-state index < -0.39 is 0 Å². The van der Waals surface area contributed by atoms with E-state index in [-0.39, 0.29) is 5.91 Å². The van der Waals surface area contributed by atoms with Gasteiger partial charge in [0.2, 0.25) is 5.16 Å². The summed E-state index contributed by atoms with van der Waals surface area (Å²) in [6, 6.07) is 7.04. The Bertz CT molecular complexity index is 597. The van der Waals surface area contributed by atoms with Crippen molar-refractivity contribution in [1.82, 2.24) is 14.9 Å². The van der Waals surface area contributed by atoms with Gasteiger partial charge >= 0.3 is 0 Å². The Morgan fingerprint density at radius 1 is 1.37 bits per heavy atom. The van der Waals surface area contributed by atoms with Crippen molar-refractivity contribution in [2.75, 3.05) is 18.8 Å². The normalized spacial score (nSPS) is 10.3. The van der Waals surface area contributed by atoms with Gasteiger partial charge in [-0.15, -0.1) is 10.2 Å². The fourth-order valence-electron chi connectivity index (χ4n) is 1.60. The van der Waals surface area contributed by atoms with Crippen LogP contribution in [0.4, 0.5) is 0 Å². The lowest BCUT2D eigenvalue weighted by atomic mass is 10.2. The van der Waals surface area contributed by atoms with E-state index in [0.717, 1.165) is 0 Å². The van der Waals surface area contributed by atoms with Crippen LogP contribution in [0.15, 0.2) is 29.4 Å². The summed E-state index contributed by atoms with van der Waals surface area (Å²) in [4.78, 5) is 12.2. The minimum absolute atomic E-state index is 0.268. The predicted molar refractivity (Wildman–Crippen MR) is 73.2 cm³/mol. The predicted octanol–water partition coefficient (Wildman–Crippen LogP) is 1.70. The average Bonchev–Trinajstić information content (AvgIpc) is 2.79. The number of nitrogens with zero attached hydrogens (tertiary/aromatic N) is 3. The highest BCUT2D eigenvalue weighted by Gasteiger charge is 2.15. The van der Waals surface area contributed by atoms with Gasteiger partial charge in [0, 0.05) is 0 Å². The molecule has 1 aromatic carbocycles. The Morgan fingerprint density at radius 3 is 2.79 bits per heavy atom. The summed E-state index contributed by atoms with van der Waals surface area (Å²) >= 11 is 1.41. The number of carbonyl (C=O) groups is 1. The maximum Gasteiger partial charge on any atom is 0.273 e. The maximum absolute atomic E-state index is 12.2. The van der Waals surface area contributed by atoms with Crippen molar-refractivity contribution in [2.24, 2.45) is 0 Å². The van der Waals surface area contributed by atoms with Crippen LogP contribution in [0.2, 0.25) is 0 Å². The van der Waals surface area contributed by atoms with Crippen molar-refractivity contribution in [1.29, 1.82) is 0 Å². The highest BCUT2D eigenvalue weighted by Crippen LogP contribution is 2.18. The van der Waals surface area contributed by atoms with E-state index >= 15 is 0 Å². The van der Waals surface area contributed by atoms with E-state index in [0.29, 0.717) is 22.3 Å². The molecule has 0 bridgehead atoms. The summed E-state index contributed by atoms with van der Waals surface area (Å²) in [6.45, 7) is 1.77. The molecule has 0 saturated carbocycles. The average molecular weight is 278 g/mol. The SMILES string of the molecule is COc1ccccc1C(=O)Nn1c(C)nnc1SC. The summed E-state index contributed by atoms with van der Waals surface area (Å²) in [7, 11) is 1.53. The lowest BCUT2D eigenvalue weighted by molar-refractivity contribution is 0.100. The Labute approximate surface area is 115 Å². The smallest absolute Gasteiger partial charge is 0.273 e. The number of aromatic nitrogens is 3. The second-order valence-corrected chi connectivity index (χ2v) is 4.48. The zero-order chi connectivity index (χ0) is 13.8. The Kier molecular flexibility index (Phi) is 4.06. The fraction of sp³-hybridized carbons (Fsp3) is 0.250. The van der Waals surface area contributed by atoms with Crippen LogP contribution < -0.4 is 10.2 Å². The molecule has 2 aromatic rings. The van der Waals surface area contributed by atoms with Gasteiger partial charge in [-0.25, -0.2) is 4.68 Å². The molecule has 19 heavy (non-hydrogen) atoms. The van der Waals surface area contributed by atoms with Crippen molar-refractivity contribution < 1.29 is 9.53 Å².